The van der Waals surface area contributed by atoms with Crippen molar-refractivity contribution in [1.29, 1.82) is 0 Å². The number of fused-ring (bicyclic) bond motifs is 5. The second-order valence-corrected chi connectivity index (χ2v) is 18.6. The molecule has 0 spiro atoms. The van der Waals surface area contributed by atoms with Gasteiger partial charge in [0.1, 0.15) is 6.10 Å². The number of aliphatic hydroxyl groups excluding tert-OH is 1. The van der Waals surface area contributed by atoms with Gasteiger partial charge in [0.05, 0.1) is 17.3 Å². The summed E-state index contributed by atoms with van der Waals surface area (Å²) in [5, 5.41) is 12.3. The maximum absolute atomic E-state index is 14.1. The lowest BCUT2D eigenvalue weighted by Crippen LogP contribution is -2.65. The molecule has 260 valence electrons. The predicted octanol–water partition coefficient (Wildman–Crippen LogP) is 9.70. The van der Waals surface area contributed by atoms with Gasteiger partial charge in [0, 0.05) is 5.57 Å². The molecule has 7 heteroatoms. The molecule has 0 saturated heterocycles. The lowest BCUT2D eigenvalue weighted by atomic mass is 9.36. The highest BCUT2D eigenvalue weighted by molar-refractivity contribution is 14.1. The van der Waals surface area contributed by atoms with Gasteiger partial charge in [0.2, 0.25) is 6.79 Å². The van der Waals surface area contributed by atoms with Crippen LogP contribution in [-0.2, 0) is 23.8 Å². The van der Waals surface area contributed by atoms with Crippen LogP contribution in [0.3, 0.4) is 0 Å². The van der Waals surface area contributed by atoms with E-state index in [9.17, 15) is 14.7 Å². The molecule has 0 heterocycles. The Kier molecular flexibility index (Phi) is 11.0. The first kappa shape index (κ1) is 37.5. The van der Waals surface area contributed by atoms with Gasteiger partial charge in [0.25, 0.3) is 0 Å². The van der Waals surface area contributed by atoms with Crippen molar-refractivity contribution in [3.05, 3.63) is 32.6 Å². The zero-order chi connectivity index (χ0) is 34.6. The molecule has 4 aliphatic carbocycles. The number of hydrogen-bond acceptors (Lipinski definition) is 6. The predicted molar refractivity (Wildman–Crippen MR) is 192 cm³/mol. The molecule has 4 saturated carbocycles. The van der Waals surface area contributed by atoms with Crippen LogP contribution in [0.5, 0.6) is 0 Å². The summed E-state index contributed by atoms with van der Waals surface area (Å²) in [6.07, 6.45) is 6.32. The van der Waals surface area contributed by atoms with E-state index in [0.29, 0.717) is 48.3 Å². The lowest BCUT2D eigenvalue weighted by Gasteiger charge is -2.69. The molecule has 1 unspecified atom stereocenters. The first-order chi connectivity index (χ1) is 21.2. The Labute approximate surface area is 292 Å². The van der Waals surface area contributed by atoms with Crippen molar-refractivity contribution < 1.29 is 28.9 Å². The molecule has 1 N–H and O–H groups in total. The van der Waals surface area contributed by atoms with Crippen molar-refractivity contribution in [3.8, 4) is 0 Å². The first-order valence-corrected chi connectivity index (χ1v) is 18.7. The van der Waals surface area contributed by atoms with Gasteiger partial charge in [-0.3, -0.25) is 4.79 Å². The van der Waals surface area contributed by atoms with E-state index in [-0.39, 0.29) is 34.2 Å². The van der Waals surface area contributed by atoms with Crippen LogP contribution < -0.4 is 0 Å². The van der Waals surface area contributed by atoms with Crippen molar-refractivity contribution in [1.82, 2.24) is 0 Å². The average molecular weight is 753 g/mol. The van der Waals surface area contributed by atoms with Crippen LogP contribution in [0.4, 0.5) is 0 Å². The van der Waals surface area contributed by atoms with Crippen LogP contribution in [-0.4, -0.2) is 36.0 Å². The van der Waals surface area contributed by atoms with Crippen LogP contribution in [0.1, 0.15) is 128 Å². The number of ether oxygens (including phenoxy) is 3. The van der Waals surface area contributed by atoms with Gasteiger partial charge < -0.3 is 19.3 Å². The van der Waals surface area contributed by atoms with Gasteiger partial charge in [-0.15, -0.1) is 0 Å². The minimum atomic E-state index is -0.699. The van der Waals surface area contributed by atoms with Gasteiger partial charge in [-0.2, -0.15) is 0 Å². The number of esters is 2. The van der Waals surface area contributed by atoms with E-state index in [1.165, 1.54) is 22.0 Å². The number of aliphatic hydroxyl groups is 1. The van der Waals surface area contributed by atoms with Crippen LogP contribution in [0.15, 0.2) is 32.6 Å². The SMILES string of the molecule is C=C(C)OC1C[C@@]2(C)[C@@H](C[C@@H](O)[C@H]3[C@@]4(C)CC[C@@H](C)[C@H](C)[C@@H]4CC[C@@]32C)/C1=C(\CCC(I)=C(C)C)C(=O)OCOC(=O)C(C)(C)C. The van der Waals surface area contributed by atoms with Gasteiger partial charge in [-0.1, -0.05) is 46.8 Å². The van der Waals surface area contributed by atoms with E-state index in [4.69, 9.17) is 14.2 Å². The number of carbonyl (C=O) groups is 2. The summed E-state index contributed by atoms with van der Waals surface area (Å²) in [6.45, 7) is 27.2. The maximum atomic E-state index is 14.1. The van der Waals surface area contributed by atoms with E-state index >= 15 is 0 Å². The number of allylic oxidation sites excluding steroid dienone is 3. The minimum absolute atomic E-state index is 0.0442. The first-order valence-electron chi connectivity index (χ1n) is 17.6. The second-order valence-electron chi connectivity index (χ2n) is 17.3. The fourth-order valence-electron chi connectivity index (χ4n) is 10.4. The molecule has 0 aliphatic heterocycles. The Balaban J connectivity index is 1.80. The van der Waals surface area contributed by atoms with E-state index < -0.39 is 30.3 Å². The molecule has 4 rings (SSSR count). The Morgan fingerprint density at radius 1 is 1.00 bits per heavy atom. The van der Waals surface area contributed by atoms with E-state index in [1.807, 2.05) is 6.92 Å². The quantitative estimate of drug-likeness (QED) is 0.0875. The molecular formula is C39H61IO6. The van der Waals surface area contributed by atoms with Crippen LogP contribution >= 0.6 is 22.6 Å². The molecule has 0 bridgehead atoms. The minimum Gasteiger partial charge on any atom is -0.491 e. The highest BCUT2D eigenvalue weighted by Gasteiger charge is 2.70. The standard InChI is InChI=1S/C39H61IO6/c1-22(2)29(40)14-13-26(34(42)44-21-45-35(43)36(7,8)9)32-28-19-30(41)33-37(10)17-15-24(5)25(6)27(37)16-18-38(33,11)39(28,12)20-31(32)46-23(3)4/h24-25,27-28,30-31,33,41H,3,13-21H2,1-2,4-12H3/b32-26-/t24-,25+,27+,28+,30-,31?,33+,37+,38+,39+/m1/s1. The number of hydrogen-bond donors (Lipinski definition) is 1. The van der Waals surface area contributed by atoms with Crippen LogP contribution in [0.2, 0.25) is 0 Å². The normalized spacial score (nSPS) is 39.7. The highest BCUT2D eigenvalue weighted by Crippen LogP contribution is 2.74. The van der Waals surface area contributed by atoms with Crippen LogP contribution in [0.25, 0.3) is 0 Å². The molecule has 0 aromatic heterocycles. The smallest absolute Gasteiger partial charge is 0.336 e. The van der Waals surface area contributed by atoms with Crippen molar-refractivity contribution >= 4 is 34.5 Å². The van der Waals surface area contributed by atoms with Gasteiger partial charge in [-0.05, 0) is 170 Å². The largest absolute Gasteiger partial charge is 0.491 e. The van der Waals surface area contributed by atoms with Gasteiger partial charge in [0.15, 0.2) is 0 Å². The summed E-state index contributed by atoms with van der Waals surface area (Å²) in [5.41, 5.74) is 1.80. The molecule has 0 radical (unpaired) electrons. The summed E-state index contributed by atoms with van der Waals surface area (Å²) >= 11 is 2.36. The highest BCUT2D eigenvalue weighted by atomic mass is 127. The molecule has 0 amide bonds. The molecule has 46 heavy (non-hydrogen) atoms. The molecule has 0 aromatic rings. The Morgan fingerprint density at radius 3 is 2.24 bits per heavy atom. The van der Waals surface area contributed by atoms with E-state index in [0.717, 1.165) is 24.8 Å². The Morgan fingerprint density at radius 2 is 1.65 bits per heavy atom. The Hall–Kier alpha value is -1.35. The zero-order valence-electron chi connectivity index (χ0n) is 30.5. The van der Waals surface area contributed by atoms with Crippen molar-refractivity contribution in [2.75, 3.05) is 6.79 Å². The second kappa shape index (κ2) is 13.5. The summed E-state index contributed by atoms with van der Waals surface area (Å²) in [7, 11) is 0. The monoisotopic (exact) mass is 752 g/mol. The molecule has 4 fully saturated rings. The molecule has 6 nitrogen and oxygen atoms in total. The van der Waals surface area contributed by atoms with Gasteiger partial charge in [-0.25, -0.2) is 4.79 Å². The number of halogens is 1. The van der Waals surface area contributed by atoms with Crippen molar-refractivity contribution in [2.24, 2.45) is 51.2 Å². The van der Waals surface area contributed by atoms with Gasteiger partial charge >= 0.3 is 11.9 Å². The van der Waals surface area contributed by atoms with Crippen molar-refractivity contribution in [2.45, 2.75) is 140 Å². The summed E-state index contributed by atoms with van der Waals surface area (Å²) in [4.78, 5) is 26.5. The Bertz CT molecular complexity index is 1270. The third-order valence-corrected chi connectivity index (χ3v) is 14.8. The topological polar surface area (TPSA) is 82.1 Å². The van der Waals surface area contributed by atoms with Crippen molar-refractivity contribution in [3.63, 3.8) is 0 Å². The summed E-state index contributed by atoms with van der Waals surface area (Å²) < 4.78 is 18.8. The molecule has 0 aromatic carbocycles. The lowest BCUT2D eigenvalue weighted by molar-refractivity contribution is -0.229. The average Bonchev–Trinajstić information content (AvgIpc) is 3.21. The summed E-state index contributed by atoms with van der Waals surface area (Å²) in [5.74, 6) is 1.82. The van der Waals surface area contributed by atoms with Crippen LogP contribution in [0, 0.1) is 51.2 Å². The maximum Gasteiger partial charge on any atom is 0.336 e. The van der Waals surface area contributed by atoms with E-state index in [1.54, 1.807) is 20.8 Å². The molecular weight excluding hydrogens is 691 g/mol. The zero-order valence-corrected chi connectivity index (χ0v) is 32.6. The fraction of sp³-hybridized carbons (Fsp3) is 0.795. The molecule has 4 aliphatic rings. The molecule has 10 atom stereocenters. The fourth-order valence-corrected chi connectivity index (χ4v) is 10.7. The van der Waals surface area contributed by atoms with E-state index in [2.05, 4.69) is 77.6 Å². The third kappa shape index (κ3) is 6.63. The number of rotatable bonds is 8. The number of carbonyl (C=O) groups excluding carboxylic acids is 2. The third-order valence-electron chi connectivity index (χ3n) is 13.2. The summed E-state index contributed by atoms with van der Waals surface area (Å²) in [6, 6.07) is 0.